The maximum Gasteiger partial charge on any atom is 0.205 e. The third kappa shape index (κ3) is 3.12. The second-order valence-electron chi connectivity index (χ2n) is 6.80. The van der Waals surface area contributed by atoms with Crippen LogP contribution in [0.2, 0.25) is 5.02 Å². The van der Waals surface area contributed by atoms with Crippen LogP contribution in [-0.2, 0) is 0 Å². The van der Waals surface area contributed by atoms with E-state index in [1.54, 1.807) is 24.4 Å². The Morgan fingerprint density at radius 3 is 2.39 bits per heavy atom. The zero-order valence-corrected chi connectivity index (χ0v) is 16.3. The molecule has 0 saturated heterocycles. The highest BCUT2D eigenvalue weighted by molar-refractivity contribution is 6.32. The van der Waals surface area contributed by atoms with Gasteiger partial charge in [0.05, 0.1) is 16.1 Å². The Morgan fingerprint density at radius 1 is 0.929 bits per heavy atom. The molecule has 1 aromatic heterocycles. The van der Waals surface area contributed by atoms with E-state index in [2.05, 4.69) is 11.1 Å². The summed E-state index contributed by atoms with van der Waals surface area (Å²) in [4.78, 5) is 4.36. The van der Waals surface area contributed by atoms with Gasteiger partial charge in [0.2, 0.25) is 5.88 Å². The predicted octanol–water partition coefficient (Wildman–Crippen LogP) is 6.06. The summed E-state index contributed by atoms with van der Waals surface area (Å²) in [6, 6.07) is 18.9. The Morgan fingerprint density at radius 2 is 1.64 bits per heavy atom. The first-order valence-corrected chi connectivity index (χ1v) is 9.26. The number of hydrogen-bond acceptors (Lipinski definition) is 3. The molecule has 0 aliphatic carbocycles. The van der Waals surface area contributed by atoms with Crippen LogP contribution >= 0.6 is 11.6 Å². The number of rotatable bonds is 3. The molecule has 4 rings (SSSR count). The van der Waals surface area contributed by atoms with E-state index in [-0.39, 0.29) is 16.7 Å². The van der Waals surface area contributed by atoms with Gasteiger partial charge in [0, 0.05) is 17.3 Å². The smallest absolute Gasteiger partial charge is 0.205 e. The molecule has 140 valence electrons. The van der Waals surface area contributed by atoms with E-state index in [9.17, 15) is 10.2 Å². The van der Waals surface area contributed by atoms with Crippen molar-refractivity contribution in [1.82, 2.24) is 4.57 Å². The fourth-order valence-electron chi connectivity index (χ4n) is 3.46. The summed E-state index contributed by atoms with van der Waals surface area (Å²) in [5, 5.41) is 22.2. The number of phenols is 1. The molecular formula is C23H19ClN2O2. The van der Waals surface area contributed by atoms with E-state index in [1.807, 2.05) is 54.8 Å². The Bertz CT molecular complexity index is 1200. The number of benzene rings is 3. The van der Waals surface area contributed by atoms with Crippen molar-refractivity contribution in [2.75, 3.05) is 0 Å². The average Bonchev–Trinajstić information content (AvgIpc) is 2.93. The van der Waals surface area contributed by atoms with E-state index < -0.39 is 0 Å². The van der Waals surface area contributed by atoms with Gasteiger partial charge in [0.15, 0.2) is 5.75 Å². The monoisotopic (exact) mass is 390 g/mol. The van der Waals surface area contributed by atoms with Gasteiger partial charge in [0.25, 0.3) is 0 Å². The van der Waals surface area contributed by atoms with Crippen LogP contribution in [0.25, 0.3) is 16.6 Å². The summed E-state index contributed by atoms with van der Waals surface area (Å²) < 4.78 is 1.81. The van der Waals surface area contributed by atoms with Crippen LogP contribution in [0.5, 0.6) is 11.6 Å². The molecule has 0 bridgehead atoms. The number of aromatic nitrogens is 1. The lowest BCUT2D eigenvalue weighted by Crippen LogP contribution is -1.95. The minimum Gasteiger partial charge on any atom is -0.504 e. The van der Waals surface area contributed by atoms with Gasteiger partial charge in [-0.2, -0.15) is 0 Å². The molecule has 0 amide bonds. The summed E-state index contributed by atoms with van der Waals surface area (Å²) in [7, 11) is 0. The van der Waals surface area contributed by atoms with Gasteiger partial charge in [-0.05, 0) is 55.3 Å². The van der Waals surface area contributed by atoms with Crippen molar-refractivity contribution >= 4 is 34.4 Å². The van der Waals surface area contributed by atoms with E-state index in [0.717, 1.165) is 27.7 Å². The second kappa shape index (κ2) is 7.06. The zero-order chi connectivity index (χ0) is 19.8. The summed E-state index contributed by atoms with van der Waals surface area (Å²) in [6.45, 7) is 4.06. The Labute approximate surface area is 168 Å². The number of aryl methyl sites for hydroxylation is 2. The van der Waals surface area contributed by atoms with Crippen LogP contribution in [0.15, 0.2) is 65.7 Å². The highest BCUT2D eigenvalue weighted by Crippen LogP contribution is 2.36. The molecule has 0 spiro atoms. The van der Waals surface area contributed by atoms with E-state index in [0.29, 0.717) is 11.3 Å². The molecule has 28 heavy (non-hydrogen) atoms. The summed E-state index contributed by atoms with van der Waals surface area (Å²) >= 11 is 5.96. The number of fused-ring (bicyclic) bond motifs is 1. The van der Waals surface area contributed by atoms with Crippen molar-refractivity contribution in [2.24, 2.45) is 4.99 Å². The van der Waals surface area contributed by atoms with Crippen molar-refractivity contribution in [3.63, 3.8) is 0 Å². The lowest BCUT2D eigenvalue weighted by molar-refractivity contribution is 0.444. The minimum atomic E-state index is -0.0852. The second-order valence-corrected chi connectivity index (χ2v) is 7.21. The molecule has 0 radical (unpaired) electrons. The minimum absolute atomic E-state index is 0.0852. The number of hydrogen-bond donors (Lipinski definition) is 2. The Kier molecular flexibility index (Phi) is 4.57. The first-order chi connectivity index (χ1) is 13.5. The van der Waals surface area contributed by atoms with Crippen molar-refractivity contribution in [1.29, 1.82) is 0 Å². The topological polar surface area (TPSA) is 57.8 Å². The van der Waals surface area contributed by atoms with Gasteiger partial charge >= 0.3 is 0 Å². The Balaban J connectivity index is 1.92. The quantitative estimate of drug-likeness (QED) is 0.417. The average molecular weight is 391 g/mol. The maximum absolute atomic E-state index is 11.0. The molecule has 4 nitrogen and oxygen atoms in total. The molecule has 0 fully saturated rings. The van der Waals surface area contributed by atoms with Crippen molar-refractivity contribution in [3.05, 3.63) is 82.4 Å². The molecule has 3 aromatic carbocycles. The van der Waals surface area contributed by atoms with Gasteiger partial charge in [0.1, 0.15) is 5.69 Å². The van der Waals surface area contributed by atoms with E-state index >= 15 is 0 Å². The number of para-hydroxylation sites is 2. The first-order valence-electron chi connectivity index (χ1n) is 8.88. The molecular weight excluding hydrogens is 372 g/mol. The molecule has 2 N–H and O–H groups in total. The zero-order valence-electron chi connectivity index (χ0n) is 15.5. The number of halogens is 1. The van der Waals surface area contributed by atoms with Crippen LogP contribution in [0.1, 0.15) is 16.7 Å². The molecule has 5 heteroatoms. The summed E-state index contributed by atoms with van der Waals surface area (Å²) in [5.41, 5.74) is 4.92. The number of nitrogens with zero attached hydrogens (tertiary/aromatic N) is 2. The van der Waals surface area contributed by atoms with Crippen LogP contribution in [0.3, 0.4) is 0 Å². The van der Waals surface area contributed by atoms with Gasteiger partial charge < -0.3 is 10.2 Å². The Hall–Kier alpha value is -3.24. The molecule has 4 aromatic rings. The SMILES string of the molecule is Cc1cc(C)cc(-n2c(O)c(C=Nc3cccc(Cl)c3O)c3ccccc32)c1. The fourth-order valence-corrected chi connectivity index (χ4v) is 3.63. The molecule has 0 aliphatic heterocycles. The van der Waals surface area contributed by atoms with Crippen molar-refractivity contribution < 1.29 is 10.2 Å². The molecule has 0 unspecified atom stereocenters. The highest BCUT2D eigenvalue weighted by Gasteiger charge is 2.17. The highest BCUT2D eigenvalue weighted by atomic mass is 35.5. The molecule has 0 atom stereocenters. The van der Waals surface area contributed by atoms with E-state index in [1.165, 1.54) is 0 Å². The first kappa shape index (κ1) is 18.1. The van der Waals surface area contributed by atoms with Gasteiger partial charge in [-0.3, -0.25) is 9.56 Å². The van der Waals surface area contributed by atoms with Gasteiger partial charge in [-0.15, -0.1) is 0 Å². The van der Waals surface area contributed by atoms with Gasteiger partial charge in [-0.1, -0.05) is 41.9 Å². The number of aliphatic imine (C=N–C) groups is 1. The lowest BCUT2D eigenvalue weighted by atomic mass is 10.1. The number of phenolic OH excluding ortho intramolecular Hbond substituents is 1. The van der Waals surface area contributed by atoms with Crippen LogP contribution < -0.4 is 0 Å². The standard InChI is InChI=1S/C23H19ClN2O2/c1-14-10-15(2)12-16(11-14)26-21-9-4-3-6-17(21)18(23(26)28)13-25-20-8-5-7-19(24)22(20)27/h3-13,27-28H,1-2H3. The number of aromatic hydroxyl groups is 2. The maximum atomic E-state index is 11.0. The van der Waals surface area contributed by atoms with Crippen LogP contribution in [0.4, 0.5) is 5.69 Å². The van der Waals surface area contributed by atoms with Gasteiger partial charge in [-0.25, -0.2) is 0 Å². The molecule has 1 heterocycles. The van der Waals surface area contributed by atoms with Crippen LogP contribution in [0, 0.1) is 13.8 Å². The lowest BCUT2D eigenvalue weighted by Gasteiger charge is -2.09. The third-order valence-corrected chi connectivity index (χ3v) is 4.96. The largest absolute Gasteiger partial charge is 0.504 e. The van der Waals surface area contributed by atoms with Crippen LogP contribution in [-0.4, -0.2) is 21.0 Å². The fraction of sp³-hybridized carbons (Fsp3) is 0.0870. The molecule has 0 saturated carbocycles. The predicted molar refractivity (Wildman–Crippen MR) is 115 cm³/mol. The summed E-state index contributed by atoms with van der Waals surface area (Å²) in [5.74, 6) is 0.00872. The van der Waals surface area contributed by atoms with E-state index in [4.69, 9.17) is 11.6 Å². The van der Waals surface area contributed by atoms with Crippen molar-refractivity contribution in [2.45, 2.75) is 13.8 Å². The summed E-state index contributed by atoms with van der Waals surface area (Å²) in [6.07, 6.45) is 1.56. The molecule has 0 aliphatic rings. The normalized spacial score (nSPS) is 11.5. The third-order valence-electron chi connectivity index (χ3n) is 4.65. The van der Waals surface area contributed by atoms with Crippen molar-refractivity contribution in [3.8, 4) is 17.3 Å².